The number of nitrogens with zero attached hydrogens (tertiary/aromatic N) is 1. The monoisotopic (exact) mass is 229 g/mol. The van der Waals surface area contributed by atoms with Crippen LogP contribution in [0.5, 0.6) is 0 Å². The largest absolute Gasteiger partial charge is 0.391 e. The average molecular weight is 229 g/mol. The maximum atomic E-state index is 10.3. The molecule has 0 aliphatic carbocycles. The van der Waals surface area contributed by atoms with Crippen LogP contribution in [0.15, 0.2) is 0 Å². The molecular weight excluding hydrogens is 198 g/mol. The summed E-state index contributed by atoms with van der Waals surface area (Å²) in [6.07, 6.45) is 5.68. The molecule has 0 radical (unpaired) electrons. The van der Waals surface area contributed by atoms with Gasteiger partial charge in [-0.3, -0.25) is 0 Å². The molecule has 2 nitrogen and oxygen atoms in total. The fourth-order valence-electron chi connectivity index (χ4n) is 1.88. The van der Waals surface area contributed by atoms with Crippen LogP contribution in [0, 0.1) is 5.92 Å². The van der Waals surface area contributed by atoms with E-state index in [0.29, 0.717) is 5.92 Å². The number of hydrogen-bond donors (Lipinski definition) is 1. The summed E-state index contributed by atoms with van der Waals surface area (Å²) in [5.41, 5.74) is -0.125. The Kier molecular flexibility index (Phi) is 7.25. The SMILES string of the molecule is CCCCC(CC)CC(O)C(C)(C)N(C)C. The minimum Gasteiger partial charge on any atom is -0.391 e. The fraction of sp³-hybridized carbons (Fsp3) is 1.00. The van der Waals surface area contributed by atoms with Crippen LogP contribution in [0.3, 0.4) is 0 Å². The molecule has 0 aliphatic rings. The van der Waals surface area contributed by atoms with Crippen molar-refractivity contribution >= 4 is 0 Å². The van der Waals surface area contributed by atoms with Gasteiger partial charge in [-0.1, -0.05) is 39.5 Å². The number of rotatable bonds is 8. The molecular formula is C14H31NO. The molecule has 0 saturated heterocycles. The zero-order valence-electron chi connectivity index (χ0n) is 12.1. The normalized spacial score (nSPS) is 16.5. The van der Waals surface area contributed by atoms with Crippen LogP contribution in [0.1, 0.15) is 59.8 Å². The average Bonchev–Trinajstić information content (AvgIpc) is 2.23. The lowest BCUT2D eigenvalue weighted by Gasteiger charge is -2.38. The van der Waals surface area contributed by atoms with E-state index in [4.69, 9.17) is 0 Å². The molecule has 0 heterocycles. The molecule has 0 aliphatic heterocycles. The molecule has 0 saturated carbocycles. The highest BCUT2D eigenvalue weighted by Crippen LogP contribution is 2.25. The van der Waals surface area contributed by atoms with Gasteiger partial charge in [-0.25, -0.2) is 0 Å². The molecule has 0 amide bonds. The second kappa shape index (κ2) is 7.29. The van der Waals surface area contributed by atoms with Gasteiger partial charge in [-0.15, -0.1) is 0 Å². The fourth-order valence-corrected chi connectivity index (χ4v) is 1.88. The van der Waals surface area contributed by atoms with E-state index in [1.165, 1.54) is 25.7 Å². The van der Waals surface area contributed by atoms with Gasteiger partial charge in [0.15, 0.2) is 0 Å². The molecule has 0 bridgehead atoms. The van der Waals surface area contributed by atoms with Crippen LogP contribution in [0.2, 0.25) is 0 Å². The molecule has 2 heteroatoms. The maximum Gasteiger partial charge on any atom is 0.0720 e. The van der Waals surface area contributed by atoms with Crippen molar-refractivity contribution in [2.24, 2.45) is 5.92 Å². The van der Waals surface area contributed by atoms with Crippen molar-refractivity contribution in [1.29, 1.82) is 0 Å². The Bertz CT molecular complexity index is 178. The van der Waals surface area contributed by atoms with Crippen LogP contribution in [-0.2, 0) is 0 Å². The Morgan fingerprint density at radius 3 is 2.12 bits per heavy atom. The van der Waals surface area contributed by atoms with Crippen molar-refractivity contribution in [3.63, 3.8) is 0 Å². The van der Waals surface area contributed by atoms with Crippen molar-refractivity contribution < 1.29 is 5.11 Å². The quantitative estimate of drug-likeness (QED) is 0.690. The van der Waals surface area contributed by atoms with Crippen molar-refractivity contribution in [3.8, 4) is 0 Å². The number of likely N-dealkylation sites (N-methyl/N-ethyl adjacent to an activating group) is 1. The minimum absolute atomic E-state index is 0.125. The molecule has 2 unspecified atom stereocenters. The molecule has 2 atom stereocenters. The first-order valence-electron chi connectivity index (χ1n) is 6.71. The van der Waals surface area contributed by atoms with E-state index in [1.807, 2.05) is 14.1 Å². The van der Waals surface area contributed by atoms with Crippen LogP contribution in [-0.4, -0.2) is 35.7 Å². The van der Waals surface area contributed by atoms with Gasteiger partial charge in [0.2, 0.25) is 0 Å². The molecule has 0 aromatic carbocycles. The van der Waals surface area contributed by atoms with Gasteiger partial charge in [0.1, 0.15) is 0 Å². The molecule has 0 aromatic rings. The first-order valence-corrected chi connectivity index (χ1v) is 6.71. The van der Waals surface area contributed by atoms with Crippen LogP contribution >= 0.6 is 0 Å². The van der Waals surface area contributed by atoms with E-state index in [1.54, 1.807) is 0 Å². The first kappa shape index (κ1) is 15.9. The molecule has 1 N–H and O–H groups in total. The predicted molar refractivity (Wildman–Crippen MR) is 71.7 cm³/mol. The van der Waals surface area contributed by atoms with E-state index in [-0.39, 0.29) is 11.6 Å². The number of aliphatic hydroxyl groups is 1. The molecule has 0 fully saturated rings. The Morgan fingerprint density at radius 1 is 1.19 bits per heavy atom. The molecule has 16 heavy (non-hydrogen) atoms. The number of hydrogen-bond acceptors (Lipinski definition) is 2. The highest BCUT2D eigenvalue weighted by molar-refractivity contribution is 4.86. The van der Waals surface area contributed by atoms with E-state index < -0.39 is 0 Å². The summed E-state index contributed by atoms with van der Waals surface area (Å²) in [5, 5.41) is 10.3. The van der Waals surface area contributed by atoms with Crippen molar-refractivity contribution in [1.82, 2.24) is 4.90 Å². The Balaban J connectivity index is 4.23. The Hall–Kier alpha value is -0.0800. The number of aliphatic hydroxyl groups excluding tert-OH is 1. The van der Waals surface area contributed by atoms with Crippen molar-refractivity contribution in [3.05, 3.63) is 0 Å². The maximum absolute atomic E-state index is 10.3. The standard InChI is InChI=1S/C14H31NO/c1-7-9-10-12(8-2)11-13(16)14(3,4)15(5)6/h12-13,16H,7-11H2,1-6H3. The lowest BCUT2D eigenvalue weighted by molar-refractivity contribution is 0.000916. The summed E-state index contributed by atoms with van der Waals surface area (Å²) < 4.78 is 0. The van der Waals surface area contributed by atoms with E-state index in [2.05, 4.69) is 32.6 Å². The topological polar surface area (TPSA) is 23.5 Å². The van der Waals surface area contributed by atoms with Gasteiger partial charge in [-0.2, -0.15) is 0 Å². The van der Waals surface area contributed by atoms with Crippen LogP contribution in [0.4, 0.5) is 0 Å². The zero-order chi connectivity index (χ0) is 12.8. The summed E-state index contributed by atoms with van der Waals surface area (Å²) in [6, 6.07) is 0. The summed E-state index contributed by atoms with van der Waals surface area (Å²) >= 11 is 0. The molecule has 0 spiro atoms. The second-order valence-corrected chi connectivity index (χ2v) is 5.72. The summed E-state index contributed by atoms with van der Waals surface area (Å²) in [5.74, 6) is 0.675. The van der Waals surface area contributed by atoms with Gasteiger partial charge < -0.3 is 10.0 Å². The first-order chi connectivity index (χ1) is 7.36. The third-order valence-corrected chi connectivity index (χ3v) is 4.07. The minimum atomic E-state index is -0.232. The van der Waals surface area contributed by atoms with Gasteiger partial charge >= 0.3 is 0 Å². The molecule has 98 valence electrons. The van der Waals surface area contributed by atoms with Gasteiger partial charge in [0.05, 0.1) is 6.10 Å². The van der Waals surface area contributed by atoms with Crippen molar-refractivity contribution in [2.75, 3.05) is 14.1 Å². The van der Waals surface area contributed by atoms with Crippen LogP contribution < -0.4 is 0 Å². The Labute approximate surface area is 102 Å². The third kappa shape index (κ3) is 4.84. The zero-order valence-corrected chi connectivity index (χ0v) is 12.1. The van der Waals surface area contributed by atoms with Gasteiger partial charge in [-0.05, 0) is 40.3 Å². The highest BCUT2D eigenvalue weighted by Gasteiger charge is 2.31. The smallest absolute Gasteiger partial charge is 0.0720 e. The molecule has 0 rings (SSSR count). The third-order valence-electron chi connectivity index (χ3n) is 4.07. The Morgan fingerprint density at radius 2 is 1.75 bits per heavy atom. The van der Waals surface area contributed by atoms with Gasteiger partial charge in [0.25, 0.3) is 0 Å². The van der Waals surface area contributed by atoms with Crippen molar-refractivity contribution in [2.45, 2.75) is 71.4 Å². The lowest BCUT2D eigenvalue weighted by Crippen LogP contribution is -2.49. The highest BCUT2D eigenvalue weighted by atomic mass is 16.3. The summed E-state index contributed by atoms with van der Waals surface area (Å²) in [6.45, 7) is 8.69. The lowest BCUT2D eigenvalue weighted by atomic mass is 9.85. The van der Waals surface area contributed by atoms with Crippen LogP contribution in [0.25, 0.3) is 0 Å². The predicted octanol–water partition coefficient (Wildman–Crippen LogP) is 3.29. The van der Waals surface area contributed by atoms with E-state index in [0.717, 1.165) is 6.42 Å². The molecule has 0 aromatic heterocycles. The number of unbranched alkanes of at least 4 members (excludes halogenated alkanes) is 1. The van der Waals surface area contributed by atoms with E-state index >= 15 is 0 Å². The van der Waals surface area contributed by atoms with Gasteiger partial charge in [0, 0.05) is 5.54 Å². The van der Waals surface area contributed by atoms with E-state index in [9.17, 15) is 5.11 Å². The summed E-state index contributed by atoms with van der Waals surface area (Å²) in [7, 11) is 4.08. The second-order valence-electron chi connectivity index (χ2n) is 5.72. The summed E-state index contributed by atoms with van der Waals surface area (Å²) in [4.78, 5) is 2.12.